The molecule has 2 fully saturated rings. The predicted molar refractivity (Wildman–Crippen MR) is 194 cm³/mol. The largest absolute Gasteiger partial charge is 1.00 e. The van der Waals surface area contributed by atoms with Crippen molar-refractivity contribution in [2.45, 2.75) is 43.9 Å². The molecule has 0 spiro atoms. The topological polar surface area (TPSA) is 505 Å². The van der Waals surface area contributed by atoms with Gasteiger partial charge in [0.05, 0.1) is 23.3 Å². The fraction of sp³-hybridized carbons (Fsp3) is 0.276. The molecule has 0 aliphatic carbocycles. The average molecular weight is 1230 g/mol. The van der Waals surface area contributed by atoms with Gasteiger partial charge in [-0.25, -0.2) is 64.9 Å². The fourth-order valence-corrected chi connectivity index (χ4v) is 7.64. The molecule has 3 aromatic carbocycles. The van der Waals surface area contributed by atoms with E-state index in [1.807, 2.05) is 0 Å². The number of hydrogen-bond donors (Lipinski definition) is 0. The second kappa shape index (κ2) is 30.3. The second-order valence-electron chi connectivity index (χ2n) is 12.7. The molecule has 376 valence electrons. The van der Waals surface area contributed by atoms with Gasteiger partial charge in [-0.3, -0.25) is 0 Å². The molecule has 0 N–H and O–H groups in total. The molecule has 5 rings (SSSR count). The average Bonchev–Trinajstić information content (AvgIpc) is 3.11. The molecule has 0 aromatic heterocycles. The molecule has 0 saturated carbocycles. The molecule has 74 heavy (non-hydrogen) atoms. The van der Waals surface area contributed by atoms with Gasteiger partial charge >= 0.3 is 195 Å². The number of fused-ring (bicyclic) bond motifs is 1. The van der Waals surface area contributed by atoms with E-state index in [1.54, 1.807) is 0 Å². The maximum Gasteiger partial charge on any atom is 1.00 e. The van der Waals surface area contributed by atoms with Gasteiger partial charge in [0, 0.05) is 18.2 Å². The molecule has 2 heterocycles. The summed E-state index contributed by atoms with van der Waals surface area (Å²) >= 11 is 0. The number of hydrogen-bond acceptors (Lipinski definition) is 33. The summed E-state index contributed by atoms with van der Waals surface area (Å²) in [5.41, 5.74) is -3.28. The first-order valence-corrected chi connectivity index (χ1v) is 24.9. The van der Waals surface area contributed by atoms with Gasteiger partial charge in [-0.15, -0.1) is 0 Å². The molecule has 45 heteroatoms. The van der Waals surface area contributed by atoms with E-state index in [4.69, 9.17) is 28.4 Å². The molecule has 3 aromatic rings. The normalized spacial score (nSPS) is 19.5. The molecule has 2 saturated heterocycles. The minimum Gasteiger partial charge on any atom is -0.716 e. The van der Waals surface area contributed by atoms with Gasteiger partial charge in [0.2, 0.25) is 12.4 Å². The quantitative estimate of drug-likeness (QED) is 0.0375. The van der Waals surface area contributed by atoms with Gasteiger partial charge in [-0.1, -0.05) is 0 Å². The number of carbonyl (C=O) groups excluding carboxylic acids is 3. The Labute approximate surface area is 551 Å². The van der Waals surface area contributed by atoms with Crippen LogP contribution in [0.25, 0.3) is 0 Å². The Morgan fingerprint density at radius 3 is 0.946 bits per heavy atom. The number of rotatable bonds is 18. The Hall–Kier alpha value is 0.210. The molecule has 6 atom stereocenters. The minimum absolute atomic E-state index is 0. The van der Waals surface area contributed by atoms with Crippen LogP contribution >= 0.6 is 0 Å². The van der Waals surface area contributed by atoms with Crippen molar-refractivity contribution in [3.05, 3.63) is 71.3 Å². The van der Waals surface area contributed by atoms with Crippen molar-refractivity contribution in [3.63, 3.8) is 0 Å². The second-order valence-corrected chi connectivity index (χ2v) is 18.6. The Kier molecular flexibility index (Phi) is 31.3. The van der Waals surface area contributed by atoms with E-state index in [0.717, 1.165) is 0 Å². The van der Waals surface area contributed by atoms with Crippen LogP contribution in [0.2, 0.25) is 0 Å². The SMILES string of the molecule is CC1OC[C@H]2O[C@H](OC(=O)c3cc(OS(=O)(=O)[O-])cc(OS(=O)(=O)[O-])c3)[C@H](OC(=O)c3cc(OS(=O)(=O)[O-])cc(OS(=O)(=O)[O-])c3)[C@@H](OC(=O)c3cc(OS(=O)(=O)[O-])cc(OS(=O)(=O)[O-])c3)[C@@H]2O1.[Na+].[Na+].[Na+].[Na+].[Na+].[Na+]. The van der Waals surface area contributed by atoms with E-state index in [0.29, 0.717) is 54.6 Å². The van der Waals surface area contributed by atoms with Gasteiger partial charge in [-0.2, -0.15) is 0 Å². The molecular weight excluding hydrogens is 1210 g/mol. The zero-order valence-electron chi connectivity index (χ0n) is 38.3. The van der Waals surface area contributed by atoms with Gasteiger partial charge in [0.15, 0.2) is 12.4 Å². The van der Waals surface area contributed by atoms with Gasteiger partial charge in [0.25, 0.3) is 62.4 Å². The maximum absolute atomic E-state index is 13.9. The third kappa shape index (κ3) is 25.8. The van der Waals surface area contributed by atoms with Crippen LogP contribution in [0.3, 0.4) is 0 Å². The first-order chi connectivity index (χ1) is 31.0. The maximum atomic E-state index is 13.9. The third-order valence-electron chi connectivity index (χ3n) is 7.68. The van der Waals surface area contributed by atoms with E-state index in [2.05, 4.69) is 25.1 Å². The predicted octanol–water partition coefficient (Wildman–Crippen LogP) is -21.2. The molecule has 2 aliphatic rings. The van der Waals surface area contributed by atoms with Crippen LogP contribution in [0.4, 0.5) is 0 Å². The number of benzene rings is 3. The molecule has 33 nitrogen and oxygen atoms in total. The molecule has 1 unspecified atom stereocenters. The van der Waals surface area contributed by atoms with Crippen LogP contribution in [-0.4, -0.2) is 139 Å². The zero-order chi connectivity index (χ0) is 50.9. The van der Waals surface area contributed by atoms with Crippen LogP contribution in [0.1, 0.15) is 38.0 Å². The summed E-state index contributed by atoms with van der Waals surface area (Å²) in [6.45, 7) is 0.593. The van der Waals surface area contributed by atoms with Gasteiger partial charge in [0.1, 0.15) is 46.7 Å². The standard InChI is InChI=1S/C29H26O33S6.6Na/c1-12-51-11-22-23(52-12)24(54-26(30)13-2-16(57-63(33,34)35)8-17(3-13)58-64(36,37)38)25(55-27(31)14-4-18(59-65(39,40)41)9-19(5-14)60-66(42,43)44)29(53-22)56-28(32)15-6-20(61-67(45,46)47)10-21(7-15)62-68(48,49)50;;;;;;/h2-10,12,22-25,29H,11H2,1H3,(H,33,34,35)(H,36,37,38)(H,39,40,41)(H,42,43,44)(H,45,46,47)(H,48,49,50);;;;;;/q;6*+1/p-6/t12?,22-,23-,24+,25-,29-;;;;;;/m1....../s1. The van der Waals surface area contributed by atoms with Crippen molar-refractivity contribution >= 4 is 80.3 Å². The summed E-state index contributed by atoms with van der Waals surface area (Å²) in [6, 6.07) is 3.08. The summed E-state index contributed by atoms with van der Waals surface area (Å²) in [6.07, 6.45) is -12.3. The monoisotopic (exact) mass is 1230 g/mol. The molecule has 0 bridgehead atoms. The van der Waals surface area contributed by atoms with Crippen molar-refractivity contribution in [1.29, 1.82) is 0 Å². The summed E-state index contributed by atoms with van der Waals surface area (Å²) < 4.78 is 262. The Morgan fingerprint density at radius 2 is 0.676 bits per heavy atom. The van der Waals surface area contributed by atoms with Crippen LogP contribution in [0.5, 0.6) is 34.5 Å². The first-order valence-electron chi connectivity index (χ1n) is 16.9. The molecular formula is C29H20Na6O33S6. The Bertz CT molecular complexity index is 3040. The van der Waals surface area contributed by atoms with E-state index in [1.165, 1.54) is 6.92 Å². The van der Waals surface area contributed by atoms with Crippen LogP contribution in [-0.2, 0) is 90.8 Å². The van der Waals surface area contributed by atoms with Crippen molar-refractivity contribution in [2.24, 2.45) is 0 Å². The van der Waals surface area contributed by atoms with E-state index in [9.17, 15) is 92.2 Å². The smallest absolute Gasteiger partial charge is 0.716 e. The summed E-state index contributed by atoms with van der Waals surface area (Å²) in [4.78, 5) is 41.5. The van der Waals surface area contributed by atoms with E-state index in [-0.39, 0.29) is 177 Å². The van der Waals surface area contributed by atoms with Crippen molar-refractivity contribution < 1.29 is 323 Å². The van der Waals surface area contributed by atoms with Crippen molar-refractivity contribution in [3.8, 4) is 34.5 Å². The third-order valence-corrected chi connectivity index (χ3v) is 10.1. The Balaban J connectivity index is 0. The molecule has 0 radical (unpaired) electrons. The summed E-state index contributed by atoms with van der Waals surface area (Å²) in [5.74, 6) is -12.9. The number of ether oxygens (including phenoxy) is 6. The number of carbonyl (C=O) groups is 3. The van der Waals surface area contributed by atoms with Gasteiger partial charge < -0.3 is 80.8 Å². The van der Waals surface area contributed by atoms with E-state index < -0.39 is 175 Å². The summed E-state index contributed by atoms with van der Waals surface area (Å²) in [7, 11) is -34.5. The minimum atomic E-state index is -5.76. The van der Waals surface area contributed by atoms with Crippen LogP contribution in [0.15, 0.2) is 54.6 Å². The van der Waals surface area contributed by atoms with Gasteiger partial charge in [-0.05, 0) is 43.3 Å². The fourth-order valence-electron chi connectivity index (χ4n) is 5.64. The Morgan fingerprint density at radius 1 is 0.419 bits per heavy atom. The number of esters is 3. The molecule has 2 aliphatic heterocycles. The van der Waals surface area contributed by atoms with Crippen LogP contribution in [0, 0.1) is 0 Å². The van der Waals surface area contributed by atoms with Crippen LogP contribution < -0.4 is 202 Å². The van der Waals surface area contributed by atoms with E-state index >= 15 is 0 Å². The summed E-state index contributed by atoms with van der Waals surface area (Å²) in [5, 5.41) is 0. The van der Waals surface area contributed by atoms with Crippen molar-refractivity contribution in [2.75, 3.05) is 6.61 Å². The molecule has 0 amide bonds. The van der Waals surface area contributed by atoms with Crippen molar-refractivity contribution in [1.82, 2.24) is 0 Å². The first kappa shape index (κ1) is 76.3. The zero-order valence-corrected chi connectivity index (χ0v) is 55.2.